The van der Waals surface area contributed by atoms with Crippen molar-refractivity contribution in [2.45, 2.75) is 0 Å². The summed E-state index contributed by atoms with van der Waals surface area (Å²) >= 11 is 0. The Morgan fingerprint density at radius 1 is 0.368 bits per heavy atom. The van der Waals surface area contributed by atoms with Gasteiger partial charge >= 0.3 is 0 Å². The van der Waals surface area contributed by atoms with Crippen molar-refractivity contribution < 1.29 is 4.42 Å². The predicted molar refractivity (Wildman–Crippen MR) is 239 cm³/mol. The number of rotatable bonds is 7. The maximum absolute atomic E-state index is 6.65. The van der Waals surface area contributed by atoms with Gasteiger partial charge in [0.05, 0.1) is 22.4 Å². The minimum Gasteiger partial charge on any atom is -0.455 e. The van der Waals surface area contributed by atoms with Gasteiger partial charge in [-0.1, -0.05) is 164 Å². The molecule has 268 valence electrons. The highest BCUT2D eigenvalue weighted by atomic mass is 16.3. The molecule has 57 heavy (non-hydrogen) atoms. The van der Waals surface area contributed by atoms with Crippen molar-refractivity contribution in [2.24, 2.45) is 0 Å². The zero-order valence-electron chi connectivity index (χ0n) is 31.1. The second-order valence-electron chi connectivity index (χ2n) is 14.5. The van der Waals surface area contributed by atoms with E-state index >= 15 is 0 Å². The molecule has 0 amide bonds. The fraction of sp³-hybridized carbons (Fsp3) is 0. The van der Waals surface area contributed by atoms with E-state index in [1.54, 1.807) is 0 Å². The average molecular weight is 729 g/mol. The molecule has 0 spiro atoms. The van der Waals surface area contributed by atoms with E-state index < -0.39 is 0 Å². The molecule has 0 aliphatic rings. The molecule has 0 saturated heterocycles. The lowest BCUT2D eigenvalue weighted by molar-refractivity contribution is 0.670. The highest BCUT2D eigenvalue weighted by Crippen LogP contribution is 2.47. The lowest BCUT2D eigenvalue weighted by Crippen LogP contribution is -2.10. The first-order valence-electron chi connectivity index (χ1n) is 19.4. The first-order chi connectivity index (χ1) is 28.3. The van der Waals surface area contributed by atoms with Crippen LogP contribution in [0.4, 0.5) is 17.1 Å². The zero-order valence-corrected chi connectivity index (χ0v) is 31.1. The largest absolute Gasteiger partial charge is 0.455 e. The summed E-state index contributed by atoms with van der Waals surface area (Å²) in [5, 5.41) is 4.62. The van der Waals surface area contributed by atoms with Crippen LogP contribution in [-0.2, 0) is 0 Å². The van der Waals surface area contributed by atoms with Gasteiger partial charge in [0.1, 0.15) is 11.2 Å². The standard InChI is InChI=1S/C54H36N2O/c1-4-17-37(18-5-1)38-33-35-41(36-34-38)55(40-21-8-3-9-22-40)49-30-16-31-50-53(49)46-24-10-12-28-47(46)56(50)48-29-15-25-43(52(48)39-19-6-2-7-20-39)45-27-14-26-44-42-23-11-13-32-51(42)57-54(44)45/h1-36H. The molecule has 11 rings (SSSR count). The van der Waals surface area contributed by atoms with Gasteiger partial charge in [0.15, 0.2) is 0 Å². The summed E-state index contributed by atoms with van der Waals surface area (Å²) < 4.78 is 9.10. The number of fused-ring (bicyclic) bond motifs is 6. The van der Waals surface area contributed by atoms with Gasteiger partial charge < -0.3 is 13.9 Å². The Balaban J connectivity index is 1.18. The minimum atomic E-state index is 0.893. The van der Waals surface area contributed by atoms with Crippen molar-refractivity contribution in [3.63, 3.8) is 0 Å². The Labute approximate surface area is 330 Å². The molecule has 3 heteroatoms. The zero-order chi connectivity index (χ0) is 37.7. The average Bonchev–Trinajstić information content (AvgIpc) is 3.84. The molecule has 11 aromatic rings. The topological polar surface area (TPSA) is 21.3 Å². The van der Waals surface area contributed by atoms with Crippen LogP contribution < -0.4 is 4.90 Å². The molecule has 2 heterocycles. The van der Waals surface area contributed by atoms with Gasteiger partial charge in [-0.05, 0) is 76.9 Å². The summed E-state index contributed by atoms with van der Waals surface area (Å²) in [4.78, 5) is 2.39. The van der Waals surface area contributed by atoms with E-state index in [1.807, 2.05) is 6.07 Å². The molecule has 2 aromatic heterocycles. The van der Waals surface area contributed by atoms with Gasteiger partial charge in [0.2, 0.25) is 0 Å². The normalized spacial score (nSPS) is 11.5. The number of aromatic nitrogens is 1. The Morgan fingerprint density at radius 2 is 0.930 bits per heavy atom. The van der Waals surface area contributed by atoms with Gasteiger partial charge in [-0.2, -0.15) is 0 Å². The van der Waals surface area contributed by atoms with Crippen LogP contribution >= 0.6 is 0 Å². The predicted octanol–water partition coefficient (Wildman–Crippen LogP) is 15.2. The molecule has 0 unspecified atom stereocenters. The molecular formula is C54H36N2O. The van der Waals surface area contributed by atoms with Gasteiger partial charge in [-0.3, -0.25) is 0 Å². The van der Waals surface area contributed by atoms with E-state index in [9.17, 15) is 0 Å². The van der Waals surface area contributed by atoms with Crippen LogP contribution in [0.15, 0.2) is 223 Å². The summed E-state index contributed by atoms with van der Waals surface area (Å²) in [7, 11) is 0. The highest BCUT2D eigenvalue weighted by Gasteiger charge is 2.24. The first-order valence-corrected chi connectivity index (χ1v) is 19.4. The van der Waals surface area contributed by atoms with Crippen molar-refractivity contribution in [3.8, 4) is 39.1 Å². The number of hydrogen-bond acceptors (Lipinski definition) is 2. The number of anilines is 3. The first kappa shape index (κ1) is 32.8. The van der Waals surface area contributed by atoms with Crippen molar-refractivity contribution in [3.05, 3.63) is 218 Å². The van der Waals surface area contributed by atoms with Crippen LogP contribution in [0.1, 0.15) is 0 Å². The second kappa shape index (κ2) is 13.6. The van der Waals surface area contributed by atoms with Crippen LogP contribution in [0, 0.1) is 0 Å². The highest BCUT2D eigenvalue weighted by molar-refractivity contribution is 6.17. The van der Waals surface area contributed by atoms with E-state index in [4.69, 9.17) is 4.42 Å². The summed E-state index contributed by atoms with van der Waals surface area (Å²) in [5.41, 5.74) is 15.3. The Morgan fingerprint density at radius 3 is 1.72 bits per heavy atom. The number of nitrogens with zero attached hydrogens (tertiary/aromatic N) is 2. The third-order valence-electron chi connectivity index (χ3n) is 11.2. The molecular weight excluding hydrogens is 693 g/mol. The van der Waals surface area contributed by atoms with Gasteiger partial charge in [-0.15, -0.1) is 0 Å². The summed E-state index contributed by atoms with van der Waals surface area (Å²) in [6.45, 7) is 0. The molecule has 0 aliphatic carbocycles. The van der Waals surface area contributed by atoms with Gasteiger partial charge in [0.25, 0.3) is 0 Å². The maximum atomic E-state index is 6.65. The van der Waals surface area contributed by atoms with Crippen LogP contribution in [0.5, 0.6) is 0 Å². The second-order valence-corrected chi connectivity index (χ2v) is 14.5. The molecule has 0 radical (unpaired) electrons. The van der Waals surface area contributed by atoms with Crippen molar-refractivity contribution in [1.29, 1.82) is 0 Å². The van der Waals surface area contributed by atoms with Crippen molar-refractivity contribution in [1.82, 2.24) is 4.57 Å². The number of furan rings is 1. The van der Waals surface area contributed by atoms with Crippen LogP contribution in [0.3, 0.4) is 0 Å². The van der Waals surface area contributed by atoms with E-state index in [2.05, 4.69) is 222 Å². The van der Waals surface area contributed by atoms with E-state index in [0.717, 1.165) is 78.0 Å². The number of para-hydroxylation sites is 4. The smallest absolute Gasteiger partial charge is 0.143 e. The molecule has 9 aromatic carbocycles. The number of benzene rings is 9. The van der Waals surface area contributed by atoms with Crippen LogP contribution in [0.25, 0.3) is 82.8 Å². The maximum Gasteiger partial charge on any atom is 0.143 e. The van der Waals surface area contributed by atoms with E-state index in [0.29, 0.717) is 0 Å². The lowest BCUT2D eigenvalue weighted by Gasteiger charge is -2.27. The van der Waals surface area contributed by atoms with Crippen molar-refractivity contribution in [2.75, 3.05) is 4.90 Å². The molecule has 0 atom stereocenters. The third kappa shape index (κ3) is 5.43. The molecule has 0 aliphatic heterocycles. The molecule has 0 saturated carbocycles. The summed E-state index contributed by atoms with van der Waals surface area (Å²) in [5.74, 6) is 0. The van der Waals surface area contributed by atoms with Crippen molar-refractivity contribution >= 4 is 60.8 Å². The quantitative estimate of drug-likeness (QED) is 0.163. The van der Waals surface area contributed by atoms with E-state index in [-0.39, 0.29) is 0 Å². The lowest BCUT2D eigenvalue weighted by atomic mass is 9.91. The minimum absolute atomic E-state index is 0.893. The fourth-order valence-electron chi connectivity index (χ4n) is 8.70. The Hall–Kier alpha value is -7.62. The van der Waals surface area contributed by atoms with Gasteiger partial charge in [-0.25, -0.2) is 0 Å². The number of hydrogen-bond donors (Lipinski definition) is 0. The van der Waals surface area contributed by atoms with Crippen LogP contribution in [-0.4, -0.2) is 4.57 Å². The SMILES string of the molecule is c1ccc(-c2ccc(N(c3ccccc3)c3cccc4c3c3ccccc3n4-c3cccc(-c4cccc5c4oc4ccccc45)c3-c3ccccc3)cc2)cc1. The van der Waals surface area contributed by atoms with E-state index in [1.165, 1.54) is 21.9 Å². The third-order valence-corrected chi connectivity index (χ3v) is 11.2. The molecule has 0 N–H and O–H groups in total. The van der Waals surface area contributed by atoms with Crippen LogP contribution in [0.2, 0.25) is 0 Å². The monoisotopic (exact) mass is 728 g/mol. The fourth-order valence-corrected chi connectivity index (χ4v) is 8.70. The summed E-state index contributed by atoms with van der Waals surface area (Å²) in [6, 6.07) is 78.0. The Bertz CT molecular complexity index is 3220. The van der Waals surface area contributed by atoms with Gasteiger partial charge in [0, 0.05) is 44.0 Å². The molecule has 0 bridgehead atoms. The summed E-state index contributed by atoms with van der Waals surface area (Å²) in [6.07, 6.45) is 0. The molecule has 0 fully saturated rings. The Kier molecular flexibility index (Phi) is 7.82. The molecule has 3 nitrogen and oxygen atoms in total.